The smallest absolute Gasteiger partial charge is 0.225 e. The van der Waals surface area contributed by atoms with Crippen LogP contribution < -0.4 is 9.64 Å². The van der Waals surface area contributed by atoms with Crippen LogP contribution in [-0.2, 0) is 22.7 Å². The summed E-state index contributed by atoms with van der Waals surface area (Å²) in [5.74, 6) is 2.16. The summed E-state index contributed by atoms with van der Waals surface area (Å²) >= 11 is 0. The van der Waals surface area contributed by atoms with Gasteiger partial charge in [0.2, 0.25) is 5.95 Å². The van der Waals surface area contributed by atoms with Gasteiger partial charge >= 0.3 is 0 Å². The summed E-state index contributed by atoms with van der Waals surface area (Å²) in [4.78, 5) is 16.3. The molecule has 0 N–H and O–H groups in total. The number of rotatable bonds is 5. The largest absolute Gasteiger partial charge is 0.488 e. The number of hydrogen-bond acceptors (Lipinski definition) is 7. The maximum Gasteiger partial charge on any atom is 0.225 e. The number of fused-ring (bicyclic) bond motifs is 1. The summed E-state index contributed by atoms with van der Waals surface area (Å²) in [6.07, 6.45) is 11.0. The monoisotopic (exact) mass is 478 g/mol. The van der Waals surface area contributed by atoms with Gasteiger partial charge in [-0.2, -0.15) is 0 Å². The van der Waals surface area contributed by atoms with Crippen molar-refractivity contribution in [2.75, 3.05) is 24.2 Å². The first-order valence-corrected chi connectivity index (χ1v) is 13.7. The Morgan fingerprint density at radius 2 is 1.79 bits per heavy atom. The quantitative estimate of drug-likeness (QED) is 0.547. The van der Waals surface area contributed by atoms with E-state index in [0.29, 0.717) is 10.8 Å². The SMILES string of the molecule is CCc1cnc(N2CCC(C3Cc4cc(-c5ccc(S(C)(=O)=O)cc5C)ncc4O3)CC2)nc1. The zero-order valence-electron chi connectivity index (χ0n) is 19.9. The second-order valence-corrected chi connectivity index (χ2v) is 11.4. The van der Waals surface area contributed by atoms with E-state index in [0.717, 1.165) is 72.9 Å². The minimum absolute atomic E-state index is 0.159. The highest BCUT2D eigenvalue weighted by Gasteiger charge is 2.34. The van der Waals surface area contributed by atoms with Crippen molar-refractivity contribution in [3.05, 3.63) is 59.5 Å². The third-order valence-corrected chi connectivity index (χ3v) is 8.11. The molecule has 0 bridgehead atoms. The molecule has 1 fully saturated rings. The number of hydrogen-bond donors (Lipinski definition) is 0. The Bertz CT molecular complexity index is 1300. The molecular formula is C26H30N4O3S. The number of sulfone groups is 1. The van der Waals surface area contributed by atoms with Crippen molar-refractivity contribution in [3.63, 3.8) is 0 Å². The van der Waals surface area contributed by atoms with Gasteiger partial charge in [0.15, 0.2) is 9.84 Å². The Balaban J connectivity index is 1.25. The highest BCUT2D eigenvalue weighted by molar-refractivity contribution is 7.90. The van der Waals surface area contributed by atoms with Crippen LogP contribution in [0.2, 0.25) is 0 Å². The van der Waals surface area contributed by atoms with E-state index < -0.39 is 9.84 Å². The van der Waals surface area contributed by atoms with Gasteiger partial charge in [-0.3, -0.25) is 4.98 Å². The van der Waals surface area contributed by atoms with Gasteiger partial charge in [0.05, 0.1) is 16.8 Å². The van der Waals surface area contributed by atoms with Gasteiger partial charge in [-0.25, -0.2) is 18.4 Å². The summed E-state index contributed by atoms with van der Waals surface area (Å²) in [5, 5.41) is 0. The number of aromatic nitrogens is 3. The number of aryl methyl sites for hydroxylation is 2. The van der Waals surface area contributed by atoms with Crippen LogP contribution in [0.1, 0.15) is 36.5 Å². The molecule has 3 aromatic rings. The fraction of sp³-hybridized carbons (Fsp3) is 0.423. The van der Waals surface area contributed by atoms with Gasteiger partial charge in [0.1, 0.15) is 11.9 Å². The van der Waals surface area contributed by atoms with Crippen LogP contribution in [0.4, 0.5) is 5.95 Å². The van der Waals surface area contributed by atoms with E-state index in [1.807, 2.05) is 31.6 Å². The topological polar surface area (TPSA) is 85.3 Å². The van der Waals surface area contributed by atoms with Crippen LogP contribution in [0.5, 0.6) is 5.75 Å². The van der Waals surface area contributed by atoms with Crippen molar-refractivity contribution in [2.45, 2.75) is 50.5 Å². The van der Waals surface area contributed by atoms with Crippen LogP contribution in [0.3, 0.4) is 0 Å². The third kappa shape index (κ3) is 4.51. The van der Waals surface area contributed by atoms with Crippen molar-refractivity contribution in [2.24, 2.45) is 5.92 Å². The molecule has 0 amide bonds. The molecule has 1 saturated heterocycles. The van der Waals surface area contributed by atoms with Gasteiger partial charge < -0.3 is 9.64 Å². The molecule has 2 aliphatic rings. The number of piperidine rings is 1. The Morgan fingerprint density at radius 1 is 1.06 bits per heavy atom. The molecule has 2 aromatic heterocycles. The van der Waals surface area contributed by atoms with Crippen molar-refractivity contribution >= 4 is 15.8 Å². The standard InChI is InChI=1S/C26H30N4O3S/c1-4-18-14-28-26(29-15-18)30-9-7-19(8-10-30)24-13-20-12-23(27-16-25(20)33-24)22-6-5-21(11-17(22)2)34(3,31)32/h5-6,11-12,14-16,19,24H,4,7-10,13H2,1-3H3. The molecule has 1 unspecified atom stereocenters. The summed E-state index contributed by atoms with van der Waals surface area (Å²) < 4.78 is 30.0. The fourth-order valence-electron chi connectivity index (χ4n) is 4.90. The average Bonchev–Trinajstić information content (AvgIpc) is 3.27. The zero-order chi connectivity index (χ0) is 23.9. The highest BCUT2D eigenvalue weighted by atomic mass is 32.2. The lowest BCUT2D eigenvalue weighted by Gasteiger charge is -2.34. The normalized spacial score (nSPS) is 18.6. The van der Waals surface area contributed by atoms with Crippen LogP contribution >= 0.6 is 0 Å². The molecule has 0 radical (unpaired) electrons. The summed E-state index contributed by atoms with van der Waals surface area (Å²) in [7, 11) is -3.23. The second-order valence-electron chi connectivity index (χ2n) is 9.36. The van der Waals surface area contributed by atoms with E-state index in [9.17, 15) is 8.42 Å². The van der Waals surface area contributed by atoms with Crippen LogP contribution in [-0.4, -0.2) is 48.8 Å². The predicted octanol–water partition coefficient (Wildman–Crippen LogP) is 4.03. The highest BCUT2D eigenvalue weighted by Crippen LogP contribution is 2.37. The number of benzene rings is 1. The third-order valence-electron chi connectivity index (χ3n) is 7.00. The van der Waals surface area contributed by atoms with Crippen molar-refractivity contribution < 1.29 is 13.2 Å². The van der Waals surface area contributed by atoms with Gasteiger partial charge in [0, 0.05) is 49.3 Å². The van der Waals surface area contributed by atoms with Crippen molar-refractivity contribution in [3.8, 4) is 17.0 Å². The van der Waals surface area contributed by atoms with E-state index in [2.05, 4.69) is 32.8 Å². The van der Waals surface area contributed by atoms with E-state index in [1.165, 1.54) is 11.8 Å². The fourth-order valence-corrected chi connectivity index (χ4v) is 5.61. The minimum Gasteiger partial charge on any atom is -0.488 e. The van der Waals surface area contributed by atoms with Crippen LogP contribution in [0.25, 0.3) is 11.3 Å². The number of pyridine rings is 1. The number of anilines is 1. The summed E-state index contributed by atoms with van der Waals surface area (Å²) in [6.45, 7) is 5.90. The van der Waals surface area contributed by atoms with E-state index in [-0.39, 0.29) is 6.10 Å². The molecule has 0 spiro atoms. The first-order valence-electron chi connectivity index (χ1n) is 11.8. The van der Waals surface area contributed by atoms with Gasteiger partial charge in [-0.1, -0.05) is 13.0 Å². The summed E-state index contributed by atoms with van der Waals surface area (Å²) in [6, 6.07) is 7.31. The molecule has 7 nitrogen and oxygen atoms in total. The predicted molar refractivity (Wildman–Crippen MR) is 132 cm³/mol. The lowest BCUT2D eigenvalue weighted by Crippen LogP contribution is -2.40. The first kappa shape index (κ1) is 22.8. The zero-order valence-corrected chi connectivity index (χ0v) is 20.7. The molecule has 0 aliphatic carbocycles. The molecule has 2 aliphatic heterocycles. The van der Waals surface area contributed by atoms with Gasteiger partial charge in [-0.15, -0.1) is 0 Å². The number of nitrogens with zero attached hydrogens (tertiary/aromatic N) is 4. The van der Waals surface area contributed by atoms with E-state index >= 15 is 0 Å². The van der Waals surface area contributed by atoms with E-state index in [4.69, 9.17) is 4.74 Å². The molecule has 8 heteroatoms. The van der Waals surface area contributed by atoms with Crippen molar-refractivity contribution in [1.82, 2.24) is 15.0 Å². The lowest BCUT2D eigenvalue weighted by atomic mass is 9.89. The maximum atomic E-state index is 11.9. The Morgan fingerprint density at radius 3 is 2.44 bits per heavy atom. The molecule has 1 aromatic carbocycles. The number of ether oxygens (including phenoxy) is 1. The molecule has 5 rings (SSSR count). The Kier molecular flexibility index (Phi) is 6.02. The summed E-state index contributed by atoms with van der Waals surface area (Å²) in [5.41, 5.74) is 5.02. The van der Waals surface area contributed by atoms with Crippen LogP contribution in [0.15, 0.2) is 47.8 Å². The minimum atomic E-state index is -3.23. The average molecular weight is 479 g/mol. The van der Waals surface area contributed by atoms with Gasteiger partial charge in [0.25, 0.3) is 0 Å². The van der Waals surface area contributed by atoms with Crippen LogP contribution in [0, 0.1) is 12.8 Å². The van der Waals surface area contributed by atoms with Gasteiger partial charge in [-0.05, 0) is 61.4 Å². The Labute approximate surface area is 201 Å². The molecular weight excluding hydrogens is 448 g/mol. The molecule has 4 heterocycles. The molecule has 178 valence electrons. The first-order chi connectivity index (χ1) is 16.3. The lowest BCUT2D eigenvalue weighted by molar-refractivity contribution is 0.138. The molecule has 0 saturated carbocycles. The molecule has 1 atom stereocenters. The maximum absolute atomic E-state index is 11.9. The second kappa shape index (κ2) is 8.98. The molecule has 34 heavy (non-hydrogen) atoms. The van der Waals surface area contributed by atoms with E-state index in [1.54, 1.807) is 12.1 Å². The Hall–Kier alpha value is -3.00. The van der Waals surface area contributed by atoms with Crippen molar-refractivity contribution in [1.29, 1.82) is 0 Å².